The van der Waals surface area contributed by atoms with Crippen LogP contribution in [0, 0.1) is 5.92 Å². The maximum Gasteiger partial charge on any atom is 0.0541 e. The summed E-state index contributed by atoms with van der Waals surface area (Å²) in [5, 5.41) is 13.2. The molecule has 0 aromatic carbocycles. The summed E-state index contributed by atoms with van der Waals surface area (Å²) in [6.45, 7) is 0.826. The van der Waals surface area contributed by atoms with Gasteiger partial charge in [-0.3, -0.25) is 0 Å². The van der Waals surface area contributed by atoms with E-state index in [2.05, 4.69) is 5.32 Å². The molecule has 2 unspecified atom stereocenters. The van der Waals surface area contributed by atoms with Gasteiger partial charge in [0.2, 0.25) is 0 Å². The van der Waals surface area contributed by atoms with Crippen molar-refractivity contribution in [2.75, 3.05) is 6.54 Å². The zero-order valence-electron chi connectivity index (χ0n) is 9.49. The molecule has 0 heterocycles. The van der Waals surface area contributed by atoms with Gasteiger partial charge in [-0.25, -0.2) is 0 Å². The molecule has 88 valence electrons. The maximum atomic E-state index is 9.44. The fraction of sp³-hybridized carbons (Fsp3) is 1.00. The van der Waals surface area contributed by atoms with E-state index in [9.17, 15) is 5.11 Å². The standard InChI is InChI=1S/C12H24N2O/c13-8-9-2-1-3-12(9)14-10-4-6-11(15)7-5-10/h9-12,14-15H,1-8,13H2. The molecule has 0 saturated heterocycles. The molecule has 2 fully saturated rings. The molecule has 0 aromatic rings. The normalized spacial score (nSPS) is 42.0. The molecule has 3 heteroatoms. The molecule has 0 aromatic heterocycles. The Labute approximate surface area is 92.4 Å². The van der Waals surface area contributed by atoms with Crippen molar-refractivity contribution < 1.29 is 5.11 Å². The lowest BCUT2D eigenvalue weighted by atomic mass is 9.91. The highest BCUT2D eigenvalue weighted by molar-refractivity contribution is 4.88. The van der Waals surface area contributed by atoms with E-state index in [1.165, 1.54) is 19.3 Å². The lowest BCUT2D eigenvalue weighted by molar-refractivity contribution is 0.112. The molecule has 2 aliphatic rings. The smallest absolute Gasteiger partial charge is 0.0541 e. The minimum absolute atomic E-state index is 0.0445. The summed E-state index contributed by atoms with van der Waals surface area (Å²) in [5.74, 6) is 0.692. The van der Waals surface area contributed by atoms with E-state index in [1.54, 1.807) is 0 Å². The van der Waals surface area contributed by atoms with Gasteiger partial charge in [0.05, 0.1) is 6.10 Å². The highest BCUT2D eigenvalue weighted by Crippen LogP contribution is 2.27. The van der Waals surface area contributed by atoms with Crippen molar-refractivity contribution in [2.24, 2.45) is 11.7 Å². The Morgan fingerprint density at radius 1 is 1.07 bits per heavy atom. The molecule has 2 rings (SSSR count). The van der Waals surface area contributed by atoms with E-state index in [-0.39, 0.29) is 6.10 Å². The SMILES string of the molecule is NCC1CCCC1NC1CCC(O)CC1. The average Bonchev–Trinajstić information content (AvgIpc) is 2.69. The largest absolute Gasteiger partial charge is 0.393 e. The van der Waals surface area contributed by atoms with Gasteiger partial charge in [-0.2, -0.15) is 0 Å². The van der Waals surface area contributed by atoms with E-state index in [1.807, 2.05) is 0 Å². The first kappa shape index (κ1) is 11.4. The second-order valence-electron chi connectivity index (χ2n) is 5.21. The summed E-state index contributed by atoms with van der Waals surface area (Å²) < 4.78 is 0. The number of hydrogen-bond donors (Lipinski definition) is 3. The van der Waals surface area contributed by atoms with Gasteiger partial charge in [0.15, 0.2) is 0 Å². The third kappa shape index (κ3) is 2.92. The van der Waals surface area contributed by atoms with Gasteiger partial charge in [-0.1, -0.05) is 6.42 Å². The van der Waals surface area contributed by atoms with Crippen molar-refractivity contribution in [2.45, 2.75) is 63.1 Å². The van der Waals surface area contributed by atoms with Gasteiger partial charge in [0, 0.05) is 12.1 Å². The second-order valence-corrected chi connectivity index (χ2v) is 5.21. The first-order valence-electron chi connectivity index (χ1n) is 6.43. The predicted octanol–water partition coefficient (Wildman–Crippen LogP) is 1.01. The number of aliphatic hydroxyl groups excluding tert-OH is 1. The molecule has 0 bridgehead atoms. The molecule has 0 radical (unpaired) electrons. The predicted molar refractivity (Wildman–Crippen MR) is 61.6 cm³/mol. The van der Waals surface area contributed by atoms with Crippen LogP contribution < -0.4 is 11.1 Å². The quantitative estimate of drug-likeness (QED) is 0.654. The molecule has 3 nitrogen and oxygen atoms in total. The molecular weight excluding hydrogens is 188 g/mol. The molecule has 4 N–H and O–H groups in total. The Morgan fingerprint density at radius 3 is 2.47 bits per heavy atom. The van der Waals surface area contributed by atoms with Gasteiger partial charge >= 0.3 is 0 Å². The number of rotatable bonds is 3. The van der Waals surface area contributed by atoms with Gasteiger partial charge in [-0.05, 0) is 51.0 Å². The minimum atomic E-state index is -0.0445. The van der Waals surface area contributed by atoms with Crippen molar-refractivity contribution in [1.29, 1.82) is 0 Å². The van der Waals surface area contributed by atoms with Crippen LogP contribution in [0.4, 0.5) is 0 Å². The lowest BCUT2D eigenvalue weighted by Gasteiger charge is -2.31. The molecule has 0 aliphatic heterocycles. The van der Waals surface area contributed by atoms with E-state index >= 15 is 0 Å². The van der Waals surface area contributed by atoms with Crippen LogP contribution in [0.25, 0.3) is 0 Å². The number of nitrogens with two attached hydrogens (primary N) is 1. The first-order valence-corrected chi connectivity index (χ1v) is 6.43. The van der Waals surface area contributed by atoms with Crippen LogP contribution in [0.5, 0.6) is 0 Å². The Morgan fingerprint density at radius 2 is 1.80 bits per heavy atom. The summed E-state index contributed by atoms with van der Waals surface area (Å²) >= 11 is 0. The Kier molecular flexibility index (Phi) is 4.00. The Bertz CT molecular complexity index is 190. The third-order valence-corrected chi connectivity index (χ3v) is 4.11. The molecular formula is C12H24N2O. The number of nitrogens with one attached hydrogen (secondary N) is 1. The molecule has 0 spiro atoms. The van der Waals surface area contributed by atoms with E-state index < -0.39 is 0 Å². The molecule has 2 saturated carbocycles. The van der Waals surface area contributed by atoms with Crippen molar-refractivity contribution in [3.63, 3.8) is 0 Å². The summed E-state index contributed by atoms with van der Waals surface area (Å²) in [7, 11) is 0. The lowest BCUT2D eigenvalue weighted by Crippen LogP contribution is -2.44. The molecule has 2 atom stereocenters. The summed E-state index contributed by atoms with van der Waals surface area (Å²) in [6.07, 6.45) is 8.08. The van der Waals surface area contributed by atoms with Crippen molar-refractivity contribution in [3.05, 3.63) is 0 Å². The molecule has 15 heavy (non-hydrogen) atoms. The molecule has 0 amide bonds. The van der Waals surface area contributed by atoms with Gasteiger partial charge < -0.3 is 16.2 Å². The van der Waals surface area contributed by atoms with Crippen LogP contribution in [-0.4, -0.2) is 29.8 Å². The highest BCUT2D eigenvalue weighted by atomic mass is 16.3. The Balaban J connectivity index is 1.76. The number of aliphatic hydroxyl groups is 1. The zero-order chi connectivity index (χ0) is 10.7. The monoisotopic (exact) mass is 212 g/mol. The molecule has 2 aliphatic carbocycles. The fourth-order valence-corrected chi connectivity index (χ4v) is 3.08. The van der Waals surface area contributed by atoms with Crippen LogP contribution in [0.3, 0.4) is 0 Å². The van der Waals surface area contributed by atoms with Gasteiger partial charge in [0.25, 0.3) is 0 Å². The Hall–Kier alpha value is -0.120. The highest BCUT2D eigenvalue weighted by Gasteiger charge is 2.29. The van der Waals surface area contributed by atoms with E-state index in [0.717, 1.165) is 32.2 Å². The number of hydrogen-bond acceptors (Lipinski definition) is 3. The van der Waals surface area contributed by atoms with Crippen molar-refractivity contribution >= 4 is 0 Å². The first-order chi connectivity index (χ1) is 7.29. The van der Waals surface area contributed by atoms with E-state index in [4.69, 9.17) is 5.73 Å². The van der Waals surface area contributed by atoms with Crippen LogP contribution in [-0.2, 0) is 0 Å². The van der Waals surface area contributed by atoms with Crippen LogP contribution in [0.1, 0.15) is 44.9 Å². The van der Waals surface area contributed by atoms with Crippen molar-refractivity contribution in [1.82, 2.24) is 5.32 Å². The van der Waals surface area contributed by atoms with E-state index in [0.29, 0.717) is 18.0 Å². The average molecular weight is 212 g/mol. The fourth-order valence-electron chi connectivity index (χ4n) is 3.08. The summed E-state index contributed by atoms with van der Waals surface area (Å²) in [4.78, 5) is 0. The third-order valence-electron chi connectivity index (χ3n) is 4.11. The summed E-state index contributed by atoms with van der Waals surface area (Å²) in [5.41, 5.74) is 5.77. The van der Waals surface area contributed by atoms with Crippen LogP contribution in [0.15, 0.2) is 0 Å². The van der Waals surface area contributed by atoms with Gasteiger partial charge in [-0.15, -0.1) is 0 Å². The van der Waals surface area contributed by atoms with Crippen LogP contribution in [0.2, 0.25) is 0 Å². The van der Waals surface area contributed by atoms with Crippen molar-refractivity contribution in [3.8, 4) is 0 Å². The topological polar surface area (TPSA) is 58.3 Å². The van der Waals surface area contributed by atoms with Crippen LogP contribution >= 0.6 is 0 Å². The second kappa shape index (κ2) is 5.28. The summed E-state index contributed by atoms with van der Waals surface area (Å²) in [6, 6.07) is 1.28. The minimum Gasteiger partial charge on any atom is -0.393 e. The maximum absolute atomic E-state index is 9.44. The van der Waals surface area contributed by atoms with Gasteiger partial charge in [0.1, 0.15) is 0 Å². The zero-order valence-corrected chi connectivity index (χ0v) is 9.49.